The zero-order chi connectivity index (χ0) is 15.1. The van der Waals surface area contributed by atoms with Crippen molar-refractivity contribution < 1.29 is 9.59 Å². The van der Waals surface area contributed by atoms with Crippen molar-refractivity contribution in [3.05, 3.63) is 34.9 Å². The normalized spacial score (nSPS) is 14.2. The number of carbonyl (C=O) groups is 2. The van der Waals surface area contributed by atoms with E-state index in [0.29, 0.717) is 30.8 Å². The third-order valence-electron chi connectivity index (χ3n) is 3.65. The number of nitrogens with one attached hydrogen (secondary N) is 1. The van der Waals surface area contributed by atoms with Gasteiger partial charge in [0.2, 0.25) is 11.8 Å². The number of hydrogen-bond donors (Lipinski definition) is 1. The molecule has 1 aliphatic rings. The maximum absolute atomic E-state index is 11.8. The smallest absolute Gasteiger partial charge is 0.224 e. The van der Waals surface area contributed by atoms with Crippen LogP contribution in [0.15, 0.2) is 24.3 Å². The fourth-order valence-electron chi connectivity index (χ4n) is 2.47. The summed E-state index contributed by atoms with van der Waals surface area (Å²) in [4.78, 5) is 25.4. The minimum absolute atomic E-state index is 0.0239. The molecule has 0 saturated carbocycles. The van der Waals surface area contributed by atoms with Crippen molar-refractivity contribution in [3.8, 4) is 0 Å². The van der Waals surface area contributed by atoms with E-state index in [1.807, 2.05) is 29.2 Å². The lowest BCUT2D eigenvalue weighted by molar-refractivity contribution is -0.130. The van der Waals surface area contributed by atoms with Crippen molar-refractivity contribution in [1.82, 2.24) is 10.2 Å². The van der Waals surface area contributed by atoms with Crippen LogP contribution in [0.2, 0.25) is 5.02 Å². The molecule has 1 fully saturated rings. The second-order valence-corrected chi connectivity index (χ2v) is 5.75. The summed E-state index contributed by atoms with van der Waals surface area (Å²) in [6.45, 7) is 2.15. The van der Waals surface area contributed by atoms with Crippen LogP contribution >= 0.6 is 11.6 Å². The first kappa shape index (κ1) is 15.8. The second-order valence-electron chi connectivity index (χ2n) is 5.32. The van der Waals surface area contributed by atoms with Gasteiger partial charge in [-0.2, -0.15) is 0 Å². The third-order valence-corrected chi connectivity index (χ3v) is 3.88. The molecule has 1 heterocycles. The Hall–Kier alpha value is -1.55. The minimum atomic E-state index is -0.0239. The van der Waals surface area contributed by atoms with Crippen LogP contribution in [0.3, 0.4) is 0 Å². The number of hydrogen-bond acceptors (Lipinski definition) is 2. The summed E-state index contributed by atoms with van der Waals surface area (Å²) in [6.07, 6.45) is 3.66. The van der Waals surface area contributed by atoms with Gasteiger partial charge in [0.1, 0.15) is 0 Å². The van der Waals surface area contributed by atoms with Crippen LogP contribution < -0.4 is 5.32 Å². The summed E-state index contributed by atoms with van der Waals surface area (Å²) in [5, 5.41) is 3.49. The average Bonchev–Trinajstić information content (AvgIpc) is 2.99. The quantitative estimate of drug-likeness (QED) is 0.877. The van der Waals surface area contributed by atoms with Gasteiger partial charge in [-0.3, -0.25) is 9.59 Å². The maximum Gasteiger partial charge on any atom is 0.224 e. The molecule has 0 aliphatic carbocycles. The lowest BCUT2D eigenvalue weighted by Crippen LogP contribution is -2.32. The highest BCUT2D eigenvalue weighted by Gasteiger charge is 2.17. The molecular weight excluding hydrogens is 288 g/mol. The summed E-state index contributed by atoms with van der Waals surface area (Å²) >= 11 is 5.90. The van der Waals surface area contributed by atoms with Gasteiger partial charge in [0.15, 0.2) is 0 Å². The number of likely N-dealkylation sites (tertiary alicyclic amines) is 1. The van der Waals surface area contributed by atoms with Crippen LogP contribution in [0.5, 0.6) is 0 Å². The van der Waals surface area contributed by atoms with E-state index in [1.165, 1.54) is 0 Å². The molecule has 21 heavy (non-hydrogen) atoms. The highest BCUT2D eigenvalue weighted by Crippen LogP contribution is 2.12. The van der Waals surface area contributed by atoms with Crippen molar-refractivity contribution in [2.75, 3.05) is 19.6 Å². The molecule has 0 radical (unpaired) electrons. The number of rotatable bonds is 6. The molecule has 1 aromatic rings. The van der Waals surface area contributed by atoms with Gasteiger partial charge < -0.3 is 10.2 Å². The SMILES string of the molecule is O=C(CCc1cccc(Cl)c1)NCCC(=O)N1CCCC1. The third kappa shape index (κ3) is 5.38. The van der Waals surface area contributed by atoms with Gasteiger partial charge in [0.25, 0.3) is 0 Å². The Morgan fingerprint density at radius 1 is 1.19 bits per heavy atom. The minimum Gasteiger partial charge on any atom is -0.356 e. The molecule has 0 unspecified atom stereocenters. The zero-order valence-electron chi connectivity index (χ0n) is 12.1. The van der Waals surface area contributed by atoms with E-state index in [9.17, 15) is 9.59 Å². The number of halogens is 1. The van der Waals surface area contributed by atoms with Crippen LogP contribution in [0.4, 0.5) is 0 Å². The fourth-order valence-corrected chi connectivity index (χ4v) is 2.69. The first-order valence-corrected chi connectivity index (χ1v) is 7.82. The van der Waals surface area contributed by atoms with E-state index in [-0.39, 0.29) is 11.8 Å². The van der Waals surface area contributed by atoms with E-state index in [0.717, 1.165) is 31.5 Å². The van der Waals surface area contributed by atoms with Crippen molar-refractivity contribution in [3.63, 3.8) is 0 Å². The number of aryl methyl sites for hydroxylation is 1. The lowest BCUT2D eigenvalue weighted by atomic mass is 10.1. The maximum atomic E-state index is 11.8. The highest BCUT2D eigenvalue weighted by molar-refractivity contribution is 6.30. The molecule has 1 aliphatic heterocycles. The van der Waals surface area contributed by atoms with E-state index in [4.69, 9.17) is 11.6 Å². The van der Waals surface area contributed by atoms with Gasteiger partial charge in [-0.15, -0.1) is 0 Å². The second kappa shape index (κ2) is 8.03. The predicted octanol–water partition coefficient (Wildman–Crippen LogP) is 2.40. The Morgan fingerprint density at radius 2 is 1.95 bits per heavy atom. The molecule has 2 rings (SSSR count). The van der Waals surface area contributed by atoms with E-state index < -0.39 is 0 Å². The van der Waals surface area contributed by atoms with Gasteiger partial charge in [-0.25, -0.2) is 0 Å². The molecule has 0 bridgehead atoms. The summed E-state index contributed by atoms with van der Waals surface area (Å²) < 4.78 is 0. The Bertz CT molecular complexity index is 499. The summed E-state index contributed by atoms with van der Waals surface area (Å²) in [5.74, 6) is 0.117. The van der Waals surface area contributed by atoms with Crippen LogP contribution in [0.1, 0.15) is 31.2 Å². The standard InChI is InChI=1S/C16H21ClN2O2/c17-14-5-3-4-13(12-14)6-7-15(20)18-9-8-16(21)19-10-1-2-11-19/h3-5,12H,1-2,6-11H2,(H,18,20). The predicted molar refractivity (Wildman–Crippen MR) is 83.2 cm³/mol. The average molecular weight is 309 g/mol. The van der Waals surface area contributed by atoms with E-state index in [2.05, 4.69) is 5.32 Å². The Labute approximate surface area is 130 Å². The molecule has 0 spiro atoms. The Morgan fingerprint density at radius 3 is 2.67 bits per heavy atom. The molecule has 4 nitrogen and oxygen atoms in total. The molecule has 5 heteroatoms. The molecule has 2 amide bonds. The number of carbonyl (C=O) groups excluding carboxylic acids is 2. The molecule has 0 aromatic heterocycles. The topological polar surface area (TPSA) is 49.4 Å². The van der Waals surface area contributed by atoms with Crippen LogP contribution in [0.25, 0.3) is 0 Å². The molecule has 114 valence electrons. The highest BCUT2D eigenvalue weighted by atomic mass is 35.5. The van der Waals surface area contributed by atoms with Crippen LogP contribution in [-0.4, -0.2) is 36.3 Å². The van der Waals surface area contributed by atoms with E-state index in [1.54, 1.807) is 0 Å². The summed E-state index contributed by atoms with van der Waals surface area (Å²) in [6, 6.07) is 7.52. The van der Waals surface area contributed by atoms with Crippen LogP contribution in [0, 0.1) is 0 Å². The monoisotopic (exact) mass is 308 g/mol. The van der Waals surface area contributed by atoms with Gasteiger partial charge in [0.05, 0.1) is 0 Å². The first-order valence-electron chi connectivity index (χ1n) is 7.44. The van der Waals surface area contributed by atoms with Crippen molar-refractivity contribution >= 4 is 23.4 Å². The molecule has 1 saturated heterocycles. The lowest BCUT2D eigenvalue weighted by Gasteiger charge is -2.15. The van der Waals surface area contributed by atoms with E-state index >= 15 is 0 Å². The van der Waals surface area contributed by atoms with Crippen molar-refractivity contribution in [2.24, 2.45) is 0 Å². The van der Waals surface area contributed by atoms with Gasteiger partial charge in [0, 0.05) is 37.5 Å². The fraction of sp³-hybridized carbons (Fsp3) is 0.500. The van der Waals surface area contributed by atoms with Gasteiger partial charge >= 0.3 is 0 Å². The zero-order valence-corrected chi connectivity index (χ0v) is 12.9. The van der Waals surface area contributed by atoms with Gasteiger partial charge in [-0.1, -0.05) is 23.7 Å². The van der Waals surface area contributed by atoms with Crippen molar-refractivity contribution in [1.29, 1.82) is 0 Å². The Balaban J connectivity index is 1.62. The molecule has 1 N–H and O–H groups in total. The van der Waals surface area contributed by atoms with Crippen LogP contribution in [-0.2, 0) is 16.0 Å². The van der Waals surface area contributed by atoms with Gasteiger partial charge in [-0.05, 0) is 37.0 Å². The summed E-state index contributed by atoms with van der Waals surface area (Å²) in [5.41, 5.74) is 1.05. The molecular formula is C16H21ClN2O2. The molecule has 0 atom stereocenters. The summed E-state index contributed by atoms with van der Waals surface area (Å²) in [7, 11) is 0. The number of benzene rings is 1. The number of nitrogens with zero attached hydrogens (tertiary/aromatic N) is 1. The first-order chi connectivity index (χ1) is 10.1. The largest absolute Gasteiger partial charge is 0.356 e. The molecule has 1 aromatic carbocycles. The Kier molecular flexibility index (Phi) is 6.05. The van der Waals surface area contributed by atoms with Crippen molar-refractivity contribution in [2.45, 2.75) is 32.1 Å². The number of amides is 2.